The molecule has 0 atom stereocenters. The Bertz CT molecular complexity index is 534. The molecule has 1 heterocycles. The van der Waals surface area contributed by atoms with Crippen LogP contribution >= 0.6 is 11.3 Å². The lowest BCUT2D eigenvalue weighted by molar-refractivity contribution is 0.300. The van der Waals surface area contributed by atoms with Crippen LogP contribution in [-0.4, -0.2) is 4.98 Å². The van der Waals surface area contributed by atoms with Crippen LogP contribution in [-0.2, 0) is 6.61 Å². The molecule has 0 aliphatic rings. The molecule has 0 fully saturated rings. The van der Waals surface area contributed by atoms with Gasteiger partial charge in [0, 0.05) is 5.38 Å². The Hall–Kier alpha value is -1.55. The largest absolute Gasteiger partial charge is 0.487 e. The minimum atomic E-state index is 0.468. The van der Waals surface area contributed by atoms with Gasteiger partial charge in [0.15, 0.2) is 5.13 Å². The topological polar surface area (TPSA) is 48.1 Å². The molecule has 0 aliphatic heterocycles. The Morgan fingerprint density at radius 1 is 1.39 bits per heavy atom. The Balaban J connectivity index is 2.10. The molecule has 2 N–H and O–H groups in total. The maximum atomic E-state index is 5.82. The summed E-state index contributed by atoms with van der Waals surface area (Å²) in [6.45, 7) is 6.87. The second-order valence-corrected chi connectivity index (χ2v) is 5.54. The van der Waals surface area contributed by atoms with Crippen LogP contribution in [0.3, 0.4) is 0 Å². The lowest BCUT2D eigenvalue weighted by atomic mass is 10.0. The van der Waals surface area contributed by atoms with Gasteiger partial charge >= 0.3 is 0 Å². The molecule has 2 aromatic rings. The van der Waals surface area contributed by atoms with Gasteiger partial charge in [-0.2, -0.15) is 0 Å². The fourth-order valence-electron chi connectivity index (χ4n) is 1.67. The highest BCUT2D eigenvalue weighted by molar-refractivity contribution is 7.13. The Labute approximate surface area is 112 Å². The first-order valence-electron chi connectivity index (χ1n) is 5.99. The molecule has 0 saturated carbocycles. The number of aromatic nitrogens is 1. The third-order valence-electron chi connectivity index (χ3n) is 2.82. The van der Waals surface area contributed by atoms with Crippen LogP contribution < -0.4 is 10.5 Å². The van der Waals surface area contributed by atoms with E-state index in [9.17, 15) is 0 Å². The zero-order valence-corrected chi connectivity index (χ0v) is 11.8. The Morgan fingerprint density at radius 3 is 2.78 bits per heavy atom. The van der Waals surface area contributed by atoms with Gasteiger partial charge in [-0.25, -0.2) is 4.98 Å². The number of nitrogens with zero attached hydrogens (tertiary/aromatic N) is 1. The standard InChI is InChI=1S/C14H18N2OS/c1-9(2)11-5-4-10(3)13(6-11)17-7-12-8-18-14(15)16-12/h4-6,8-9H,7H2,1-3H3,(H2,15,16). The molecule has 18 heavy (non-hydrogen) atoms. The molecule has 0 aliphatic carbocycles. The number of aryl methyl sites for hydroxylation is 1. The van der Waals surface area contributed by atoms with Crippen LogP contribution in [0, 0.1) is 6.92 Å². The van der Waals surface area contributed by atoms with E-state index in [1.54, 1.807) is 0 Å². The lowest BCUT2D eigenvalue weighted by Crippen LogP contribution is -1.99. The highest BCUT2D eigenvalue weighted by Gasteiger charge is 2.06. The predicted octanol–water partition coefficient (Wildman–Crippen LogP) is 3.74. The van der Waals surface area contributed by atoms with E-state index in [1.165, 1.54) is 16.9 Å². The summed E-state index contributed by atoms with van der Waals surface area (Å²) in [5.41, 5.74) is 8.90. The number of hydrogen-bond donors (Lipinski definition) is 1. The monoisotopic (exact) mass is 262 g/mol. The summed E-state index contributed by atoms with van der Waals surface area (Å²) < 4.78 is 5.82. The molecule has 1 aromatic carbocycles. The third-order valence-corrected chi connectivity index (χ3v) is 3.55. The van der Waals surface area contributed by atoms with E-state index >= 15 is 0 Å². The lowest BCUT2D eigenvalue weighted by Gasteiger charge is -2.12. The summed E-state index contributed by atoms with van der Waals surface area (Å²) in [7, 11) is 0. The van der Waals surface area contributed by atoms with Gasteiger partial charge < -0.3 is 10.5 Å². The van der Waals surface area contributed by atoms with Crippen molar-refractivity contribution in [3.8, 4) is 5.75 Å². The van der Waals surface area contributed by atoms with E-state index in [0.717, 1.165) is 17.0 Å². The van der Waals surface area contributed by atoms with Gasteiger partial charge in [-0.05, 0) is 30.0 Å². The van der Waals surface area contributed by atoms with Crippen LogP contribution in [0.4, 0.5) is 5.13 Å². The Kier molecular flexibility index (Phi) is 3.87. The van der Waals surface area contributed by atoms with Crippen LogP contribution in [0.1, 0.15) is 36.6 Å². The van der Waals surface area contributed by atoms with Crippen LogP contribution in [0.25, 0.3) is 0 Å². The maximum absolute atomic E-state index is 5.82. The SMILES string of the molecule is Cc1ccc(C(C)C)cc1OCc1csc(N)n1. The molecule has 3 nitrogen and oxygen atoms in total. The van der Waals surface area contributed by atoms with Crippen molar-refractivity contribution in [3.05, 3.63) is 40.4 Å². The molecule has 0 spiro atoms. The fourth-order valence-corrected chi connectivity index (χ4v) is 2.22. The minimum Gasteiger partial charge on any atom is -0.487 e. The van der Waals surface area contributed by atoms with Crippen molar-refractivity contribution in [2.45, 2.75) is 33.3 Å². The molecular formula is C14H18N2OS. The van der Waals surface area contributed by atoms with E-state index < -0.39 is 0 Å². The zero-order chi connectivity index (χ0) is 13.1. The molecular weight excluding hydrogens is 244 g/mol. The molecule has 2 rings (SSSR count). The zero-order valence-electron chi connectivity index (χ0n) is 10.9. The maximum Gasteiger partial charge on any atom is 0.180 e. The molecule has 0 amide bonds. The first-order valence-corrected chi connectivity index (χ1v) is 6.87. The summed E-state index contributed by atoms with van der Waals surface area (Å²) in [6, 6.07) is 6.35. The van der Waals surface area contributed by atoms with Gasteiger partial charge in [0.2, 0.25) is 0 Å². The van der Waals surface area contributed by atoms with Crippen molar-refractivity contribution < 1.29 is 4.74 Å². The number of thiazole rings is 1. The Morgan fingerprint density at radius 2 is 2.17 bits per heavy atom. The quantitative estimate of drug-likeness (QED) is 0.913. The number of anilines is 1. The number of nitrogens with two attached hydrogens (primary N) is 1. The number of benzene rings is 1. The molecule has 0 bridgehead atoms. The van der Waals surface area contributed by atoms with Gasteiger partial charge in [-0.1, -0.05) is 26.0 Å². The van der Waals surface area contributed by atoms with Crippen molar-refractivity contribution in [2.75, 3.05) is 5.73 Å². The minimum absolute atomic E-state index is 0.468. The van der Waals surface area contributed by atoms with Gasteiger partial charge in [-0.15, -0.1) is 11.3 Å². The third kappa shape index (κ3) is 3.01. The predicted molar refractivity (Wildman–Crippen MR) is 76.1 cm³/mol. The molecule has 1 aromatic heterocycles. The highest BCUT2D eigenvalue weighted by Crippen LogP contribution is 2.25. The number of rotatable bonds is 4. The van der Waals surface area contributed by atoms with Crippen molar-refractivity contribution in [1.82, 2.24) is 4.98 Å². The summed E-state index contributed by atoms with van der Waals surface area (Å²) >= 11 is 1.44. The van der Waals surface area contributed by atoms with Crippen molar-refractivity contribution in [3.63, 3.8) is 0 Å². The van der Waals surface area contributed by atoms with E-state index in [-0.39, 0.29) is 0 Å². The normalized spacial score (nSPS) is 10.9. The smallest absolute Gasteiger partial charge is 0.180 e. The molecule has 0 radical (unpaired) electrons. The molecule has 4 heteroatoms. The van der Waals surface area contributed by atoms with E-state index in [1.807, 2.05) is 5.38 Å². The van der Waals surface area contributed by atoms with Gasteiger partial charge in [0.1, 0.15) is 12.4 Å². The van der Waals surface area contributed by atoms with E-state index in [4.69, 9.17) is 10.5 Å². The second kappa shape index (κ2) is 5.40. The molecule has 96 valence electrons. The number of nitrogen functional groups attached to an aromatic ring is 1. The molecule has 0 unspecified atom stereocenters. The van der Waals surface area contributed by atoms with Crippen molar-refractivity contribution in [1.29, 1.82) is 0 Å². The number of ether oxygens (including phenoxy) is 1. The summed E-state index contributed by atoms with van der Waals surface area (Å²) in [5.74, 6) is 1.43. The summed E-state index contributed by atoms with van der Waals surface area (Å²) in [5, 5.41) is 2.51. The fraction of sp³-hybridized carbons (Fsp3) is 0.357. The highest BCUT2D eigenvalue weighted by atomic mass is 32.1. The van der Waals surface area contributed by atoms with Gasteiger partial charge in [0.05, 0.1) is 5.69 Å². The van der Waals surface area contributed by atoms with Crippen molar-refractivity contribution in [2.24, 2.45) is 0 Å². The summed E-state index contributed by atoms with van der Waals surface area (Å²) in [6.07, 6.45) is 0. The summed E-state index contributed by atoms with van der Waals surface area (Å²) in [4.78, 5) is 4.18. The van der Waals surface area contributed by atoms with Crippen LogP contribution in [0.2, 0.25) is 0 Å². The average molecular weight is 262 g/mol. The van der Waals surface area contributed by atoms with E-state index in [0.29, 0.717) is 17.7 Å². The van der Waals surface area contributed by atoms with Gasteiger partial charge in [0.25, 0.3) is 0 Å². The average Bonchev–Trinajstić information content (AvgIpc) is 2.74. The van der Waals surface area contributed by atoms with Crippen LogP contribution in [0.15, 0.2) is 23.6 Å². The van der Waals surface area contributed by atoms with E-state index in [2.05, 4.69) is 44.0 Å². The van der Waals surface area contributed by atoms with Gasteiger partial charge in [-0.3, -0.25) is 0 Å². The van der Waals surface area contributed by atoms with Crippen molar-refractivity contribution >= 4 is 16.5 Å². The number of hydrogen-bond acceptors (Lipinski definition) is 4. The first kappa shape index (κ1) is 12.9. The second-order valence-electron chi connectivity index (χ2n) is 4.65. The first-order chi connectivity index (χ1) is 8.56. The van der Waals surface area contributed by atoms with Crippen LogP contribution in [0.5, 0.6) is 5.75 Å². The molecule has 0 saturated heterocycles.